The number of aromatic nitrogens is 1. The number of nitrogens with one attached hydrogen (secondary N) is 1. The highest BCUT2D eigenvalue weighted by atomic mass is 35.5. The number of hydrogen-bond acceptors (Lipinski definition) is 5. The molecule has 0 unspecified atom stereocenters. The number of nitrogens with zero attached hydrogens (tertiary/aromatic N) is 2. The first kappa shape index (κ1) is 17.1. The van der Waals surface area contributed by atoms with Gasteiger partial charge in [0.25, 0.3) is 5.91 Å². The number of rotatable bonds is 5. The maximum absolute atomic E-state index is 11.8. The molecule has 0 aliphatic heterocycles. The number of pyridine rings is 1. The molecule has 0 aliphatic carbocycles. The Morgan fingerprint density at radius 1 is 1.52 bits per heavy atom. The van der Waals surface area contributed by atoms with E-state index in [2.05, 4.69) is 15.5 Å². The van der Waals surface area contributed by atoms with Crippen molar-refractivity contribution in [2.24, 2.45) is 5.10 Å². The second-order valence-electron chi connectivity index (χ2n) is 4.31. The summed E-state index contributed by atoms with van der Waals surface area (Å²) in [5.74, 6) is -0.473. The minimum absolute atomic E-state index is 0.104. The van der Waals surface area contributed by atoms with Crippen LogP contribution in [0.1, 0.15) is 22.8 Å². The van der Waals surface area contributed by atoms with Crippen molar-refractivity contribution >= 4 is 35.3 Å². The van der Waals surface area contributed by atoms with Gasteiger partial charge in [-0.25, -0.2) is 5.43 Å². The molecular weight excluding hydrogens is 341 g/mol. The molecule has 1 aromatic heterocycles. The van der Waals surface area contributed by atoms with Crippen LogP contribution in [0, 0.1) is 0 Å². The number of phenolic OH excluding ortho intramolecular Hbond substituents is 1. The second-order valence-corrected chi connectivity index (χ2v) is 5.09. The molecule has 0 bridgehead atoms. The zero-order valence-electron chi connectivity index (χ0n) is 12.1. The maximum atomic E-state index is 11.8. The number of amides is 1. The van der Waals surface area contributed by atoms with E-state index in [1.54, 1.807) is 25.3 Å². The Bertz CT molecular complexity index is 736. The monoisotopic (exact) mass is 353 g/mol. The quantitative estimate of drug-likeness (QED) is 0.638. The van der Waals surface area contributed by atoms with E-state index in [9.17, 15) is 9.90 Å². The van der Waals surface area contributed by atoms with E-state index in [4.69, 9.17) is 27.9 Å². The van der Waals surface area contributed by atoms with E-state index < -0.39 is 5.91 Å². The summed E-state index contributed by atoms with van der Waals surface area (Å²) in [6.45, 7) is 2.11. The number of halogens is 2. The Morgan fingerprint density at radius 3 is 2.96 bits per heavy atom. The molecule has 1 heterocycles. The van der Waals surface area contributed by atoms with Gasteiger partial charge >= 0.3 is 0 Å². The lowest BCUT2D eigenvalue weighted by atomic mass is 10.2. The van der Waals surface area contributed by atoms with Gasteiger partial charge in [-0.15, -0.1) is 0 Å². The number of carbonyl (C=O) groups is 1. The van der Waals surface area contributed by atoms with Crippen LogP contribution >= 0.6 is 23.2 Å². The third-order valence-electron chi connectivity index (χ3n) is 2.78. The lowest BCUT2D eigenvalue weighted by Gasteiger charge is -2.10. The molecule has 0 aliphatic rings. The molecule has 6 nitrogen and oxygen atoms in total. The molecule has 0 spiro atoms. The topological polar surface area (TPSA) is 83.8 Å². The summed E-state index contributed by atoms with van der Waals surface area (Å²) in [4.78, 5) is 15.7. The summed E-state index contributed by atoms with van der Waals surface area (Å²) in [6, 6.07) is 4.63. The number of carbonyl (C=O) groups excluding carboxylic acids is 1. The smallest absolute Gasteiger partial charge is 0.272 e. The second kappa shape index (κ2) is 7.80. The van der Waals surface area contributed by atoms with Crippen LogP contribution in [0.3, 0.4) is 0 Å². The summed E-state index contributed by atoms with van der Waals surface area (Å²) < 4.78 is 5.26. The van der Waals surface area contributed by atoms with Crippen molar-refractivity contribution in [3.63, 3.8) is 0 Å². The fraction of sp³-hybridized carbons (Fsp3) is 0.133. The van der Waals surface area contributed by atoms with E-state index >= 15 is 0 Å². The van der Waals surface area contributed by atoms with E-state index in [-0.39, 0.29) is 27.1 Å². The van der Waals surface area contributed by atoms with Gasteiger partial charge < -0.3 is 9.84 Å². The van der Waals surface area contributed by atoms with Crippen molar-refractivity contribution < 1.29 is 14.6 Å². The van der Waals surface area contributed by atoms with Gasteiger partial charge in [0.1, 0.15) is 0 Å². The minimum Gasteiger partial charge on any atom is -0.504 e. The molecular formula is C15H13Cl2N3O3. The van der Waals surface area contributed by atoms with Crippen molar-refractivity contribution in [1.29, 1.82) is 0 Å². The Morgan fingerprint density at radius 2 is 2.30 bits per heavy atom. The van der Waals surface area contributed by atoms with Crippen LogP contribution in [0.2, 0.25) is 10.0 Å². The predicted molar refractivity (Wildman–Crippen MR) is 88.6 cm³/mol. The molecule has 0 saturated heterocycles. The molecule has 1 aromatic carbocycles. The van der Waals surface area contributed by atoms with Crippen molar-refractivity contribution in [2.45, 2.75) is 6.92 Å². The van der Waals surface area contributed by atoms with Gasteiger partial charge in [-0.3, -0.25) is 9.78 Å². The first-order valence-electron chi connectivity index (χ1n) is 6.61. The first-order chi connectivity index (χ1) is 11.0. The Balaban J connectivity index is 2.21. The molecule has 0 radical (unpaired) electrons. The lowest BCUT2D eigenvalue weighted by Crippen LogP contribution is -2.17. The van der Waals surface area contributed by atoms with Gasteiger partial charge in [-0.05, 0) is 19.1 Å². The van der Waals surface area contributed by atoms with Crippen LogP contribution in [0.4, 0.5) is 0 Å². The molecule has 2 rings (SSSR count). The standard InChI is InChI=1S/C15H13Cl2N3O3/c1-2-23-12-6-11(16)13(17)10(14(12)21)8-19-20-15(22)9-4-3-5-18-7-9/h3-8,21H,2H2,1H3,(H,20,22)/b19-8-. The van der Waals surface area contributed by atoms with Gasteiger partial charge in [0.15, 0.2) is 11.5 Å². The number of aromatic hydroxyl groups is 1. The molecule has 23 heavy (non-hydrogen) atoms. The summed E-state index contributed by atoms with van der Waals surface area (Å²) in [5, 5.41) is 14.2. The van der Waals surface area contributed by atoms with Crippen LogP contribution in [-0.2, 0) is 0 Å². The van der Waals surface area contributed by atoms with E-state index in [0.29, 0.717) is 12.2 Å². The van der Waals surface area contributed by atoms with Crippen LogP contribution < -0.4 is 10.2 Å². The highest BCUT2D eigenvalue weighted by Crippen LogP contribution is 2.39. The van der Waals surface area contributed by atoms with Crippen molar-refractivity contribution in [3.8, 4) is 11.5 Å². The van der Waals surface area contributed by atoms with Gasteiger partial charge in [0.05, 0.1) is 34.0 Å². The third kappa shape index (κ3) is 4.12. The van der Waals surface area contributed by atoms with Gasteiger partial charge in [-0.1, -0.05) is 23.2 Å². The highest BCUT2D eigenvalue weighted by Gasteiger charge is 2.15. The van der Waals surface area contributed by atoms with Crippen LogP contribution in [0.25, 0.3) is 0 Å². The number of ether oxygens (including phenoxy) is 1. The molecule has 0 atom stereocenters. The number of hydrogen-bond donors (Lipinski definition) is 2. The van der Waals surface area contributed by atoms with Crippen LogP contribution in [-0.4, -0.2) is 28.8 Å². The van der Waals surface area contributed by atoms with Crippen molar-refractivity contribution in [2.75, 3.05) is 6.61 Å². The fourth-order valence-electron chi connectivity index (χ4n) is 1.71. The Labute approximate surface area is 142 Å². The van der Waals surface area contributed by atoms with Crippen LogP contribution in [0.15, 0.2) is 35.7 Å². The van der Waals surface area contributed by atoms with Gasteiger partial charge in [0, 0.05) is 18.5 Å². The molecule has 0 fully saturated rings. The van der Waals surface area contributed by atoms with Gasteiger partial charge in [-0.2, -0.15) is 5.10 Å². The SMILES string of the molecule is CCOc1cc(Cl)c(Cl)c(/C=N\NC(=O)c2cccnc2)c1O. The highest BCUT2D eigenvalue weighted by molar-refractivity contribution is 6.43. The van der Waals surface area contributed by atoms with E-state index in [1.165, 1.54) is 18.5 Å². The number of hydrazone groups is 1. The largest absolute Gasteiger partial charge is 0.504 e. The summed E-state index contributed by atoms with van der Waals surface area (Å²) >= 11 is 12.0. The predicted octanol–water partition coefficient (Wildman–Crippen LogP) is 3.26. The number of benzene rings is 1. The van der Waals surface area contributed by atoms with Gasteiger partial charge in [0.2, 0.25) is 0 Å². The molecule has 1 amide bonds. The summed E-state index contributed by atoms with van der Waals surface area (Å²) in [6.07, 6.45) is 4.15. The molecule has 2 N–H and O–H groups in total. The van der Waals surface area contributed by atoms with Crippen molar-refractivity contribution in [1.82, 2.24) is 10.4 Å². The average molecular weight is 354 g/mol. The molecule has 2 aromatic rings. The normalized spacial score (nSPS) is 10.7. The third-order valence-corrected chi connectivity index (χ3v) is 3.58. The Hall–Kier alpha value is -2.31. The van der Waals surface area contributed by atoms with E-state index in [0.717, 1.165) is 0 Å². The van der Waals surface area contributed by atoms with Crippen molar-refractivity contribution in [3.05, 3.63) is 51.8 Å². The first-order valence-corrected chi connectivity index (χ1v) is 7.37. The number of phenols is 1. The summed E-state index contributed by atoms with van der Waals surface area (Å²) in [7, 11) is 0. The van der Waals surface area contributed by atoms with E-state index in [1.807, 2.05) is 0 Å². The zero-order valence-corrected chi connectivity index (χ0v) is 13.6. The molecule has 8 heteroatoms. The molecule has 0 saturated carbocycles. The fourth-order valence-corrected chi connectivity index (χ4v) is 2.11. The average Bonchev–Trinajstić information content (AvgIpc) is 2.56. The molecule has 120 valence electrons. The minimum atomic E-state index is -0.447. The zero-order chi connectivity index (χ0) is 16.8. The van der Waals surface area contributed by atoms with Crippen LogP contribution in [0.5, 0.6) is 11.5 Å². The maximum Gasteiger partial charge on any atom is 0.272 e. The Kier molecular flexibility index (Phi) is 5.78. The lowest BCUT2D eigenvalue weighted by molar-refractivity contribution is 0.0954. The summed E-state index contributed by atoms with van der Waals surface area (Å²) in [5.41, 5.74) is 2.81.